The Hall–Kier alpha value is -2.08. The number of ether oxygens (including phenoxy) is 1. The average Bonchev–Trinajstić information content (AvgIpc) is 2.34. The van der Waals surface area contributed by atoms with E-state index >= 15 is 0 Å². The van der Waals surface area contributed by atoms with E-state index in [1.54, 1.807) is 0 Å². The van der Waals surface area contributed by atoms with Crippen LogP contribution in [0.1, 0.15) is 12.5 Å². The van der Waals surface area contributed by atoms with Crippen molar-refractivity contribution in [3.63, 3.8) is 0 Å². The lowest BCUT2D eigenvalue weighted by Gasteiger charge is -2.04. The van der Waals surface area contributed by atoms with E-state index in [0.29, 0.717) is 6.54 Å². The van der Waals surface area contributed by atoms with Gasteiger partial charge in [0, 0.05) is 13.5 Å². The molecule has 0 fully saturated rings. The largest absolute Gasteiger partial charge is 0.458 e. The van der Waals surface area contributed by atoms with Crippen molar-refractivity contribution < 1.29 is 9.53 Å². The summed E-state index contributed by atoms with van der Waals surface area (Å²) in [5.74, 6) is -0.202. The van der Waals surface area contributed by atoms with Crippen molar-refractivity contribution in [3.05, 3.63) is 29.8 Å². The zero-order valence-corrected chi connectivity index (χ0v) is 9.64. The minimum atomic E-state index is -0.395. The second-order valence-corrected chi connectivity index (χ2v) is 3.40. The molecule has 0 unspecified atom stereocenters. The SMILES string of the molecule is CC(=O)OC/C(N)=N/Nc1cccc(CN)c1. The number of nitrogens with one attached hydrogen (secondary N) is 1. The van der Waals surface area contributed by atoms with Crippen LogP contribution in [0.5, 0.6) is 0 Å². The number of benzene rings is 1. The molecule has 6 nitrogen and oxygen atoms in total. The molecule has 0 spiro atoms. The number of rotatable bonds is 5. The molecule has 0 aliphatic rings. The highest BCUT2D eigenvalue weighted by molar-refractivity contribution is 5.84. The number of amidine groups is 1. The predicted octanol–water partition coefficient (Wildman–Crippen LogP) is 0.392. The number of nitrogens with two attached hydrogens (primary N) is 2. The molecular weight excluding hydrogens is 220 g/mol. The summed E-state index contributed by atoms with van der Waals surface area (Å²) in [5.41, 5.74) is 15.6. The van der Waals surface area contributed by atoms with E-state index in [1.165, 1.54) is 6.92 Å². The van der Waals surface area contributed by atoms with E-state index in [1.807, 2.05) is 24.3 Å². The topological polar surface area (TPSA) is 103 Å². The van der Waals surface area contributed by atoms with Crippen molar-refractivity contribution in [3.8, 4) is 0 Å². The fourth-order valence-corrected chi connectivity index (χ4v) is 1.11. The number of nitrogens with zero attached hydrogens (tertiary/aromatic N) is 1. The number of carbonyl (C=O) groups is 1. The highest BCUT2D eigenvalue weighted by Gasteiger charge is 1.97. The first-order valence-electron chi connectivity index (χ1n) is 5.12. The van der Waals surface area contributed by atoms with E-state index in [-0.39, 0.29) is 12.4 Å². The molecule has 1 aromatic rings. The van der Waals surface area contributed by atoms with Gasteiger partial charge in [0.25, 0.3) is 0 Å². The summed E-state index contributed by atoms with van der Waals surface area (Å²) in [7, 11) is 0. The molecule has 0 atom stereocenters. The number of hydrogen-bond donors (Lipinski definition) is 3. The summed E-state index contributed by atoms with van der Waals surface area (Å²) in [4.78, 5) is 10.5. The Morgan fingerprint density at radius 3 is 2.94 bits per heavy atom. The predicted molar refractivity (Wildman–Crippen MR) is 66.2 cm³/mol. The van der Waals surface area contributed by atoms with Gasteiger partial charge in [-0.2, -0.15) is 5.10 Å². The van der Waals surface area contributed by atoms with Gasteiger partial charge in [-0.25, -0.2) is 0 Å². The molecule has 5 N–H and O–H groups in total. The lowest BCUT2D eigenvalue weighted by Crippen LogP contribution is -2.22. The fraction of sp³-hybridized carbons (Fsp3) is 0.273. The van der Waals surface area contributed by atoms with Gasteiger partial charge in [0.1, 0.15) is 0 Å². The van der Waals surface area contributed by atoms with Crippen LogP contribution in [0.4, 0.5) is 5.69 Å². The van der Waals surface area contributed by atoms with E-state index < -0.39 is 5.97 Å². The summed E-state index contributed by atoms with van der Waals surface area (Å²) in [6.45, 7) is 1.74. The third-order valence-corrected chi connectivity index (χ3v) is 1.91. The van der Waals surface area contributed by atoms with Crippen LogP contribution in [0.25, 0.3) is 0 Å². The van der Waals surface area contributed by atoms with Crippen LogP contribution in [0.2, 0.25) is 0 Å². The molecule has 0 aromatic heterocycles. The Bertz CT molecular complexity index is 418. The Morgan fingerprint density at radius 2 is 2.29 bits per heavy atom. The molecular formula is C11H16N4O2. The average molecular weight is 236 g/mol. The summed E-state index contributed by atoms with van der Waals surface area (Å²) in [6.07, 6.45) is 0. The van der Waals surface area contributed by atoms with Gasteiger partial charge >= 0.3 is 5.97 Å². The summed E-state index contributed by atoms with van der Waals surface area (Å²) in [5, 5.41) is 3.87. The Morgan fingerprint density at radius 1 is 1.53 bits per heavy atom. The number of esters is 1. The zero-order chi connectivity index (χ0) is 12.7. The van der Waals surface area contributed by atoms with Gasteiger partial charge in [0.15, 0.2) is 12.4 Å². The van der Waals surface area contributed by atoms with Crippen molar-refractivity contribution in [2.45, 2.75) is 13.5 Å². The van der Waals surface area contributed by atoms with Crippen molar-refractivity contribution in [1.29, 1.82) is 0 Å². The maximum Gasteiger partial charge on any atom is 0.303 e. The normalized spacial score (nSPS) is 11.1. The van der Waals surface area contributed by atoms with Gasteiger partial charge in [-0.3, -0.25) is 10.2 Å². The monoisotopic (exact) mass is 236 g/mol. The molecule has 0 aliphatic heterocycles. The van der Waals surface area contributed by atoms with Gasteiger partial charge < -0.3 is 16.2 Å². The number of hydrazone groups is 1. The molecule has 0 saturated heterocycles. The Kier molecular flexibility index (Phi) is 4.96. The molecule has 0 amide bonds. The molecule has 1 aromatic carbocycles. The van der Waals surface area contributed by atoms with Crippen LogP contribution in [-0.2, 0) is 16.1 Å². The Labute approximate surface area is 99.6 Å². The van der Waals surface area contributed by atoms with E-state index in [0.717, 1.165) is 11.3 Å². The van der Waals surface area contributed by atoms with Gasteiger partial charge in [-0.15, -0.1) is 0 Å². The minimum absolute atomic E-state index is 0.0289. The summed E-state index contributed by atoms with van der Waals surface area (Å²) >= 11 is 0. The number of anilines is 1. The maximum atomic E-state index is 10.5. The summed E-state index contributed by atoms with van der Waals surface area (Å²) in [6, 6.07) is 7.48. The molecule has 92 valence electrons. The maximum absolute atomic E-state index is 10.5. The second kappa shape index (κ2) is 6.49. The summed E-state index contributed by atoms with van der Waals surface area (Å²) < 4.78 is 4.68. The first-order chi connectivity index (χ1) is 8.11. The molecule has 17 heavy (non-hydrogen) atoms. The van der Waals surface area contributed by atoms with Crippen molar-refractivity contribution >= 4 is 17.5 Å². The van der Waals surface area contributed by atoms with Gasteiger partial charge in [-0.1, -0.05) is 12.1 Å². The smallest absolute Gasteiger partial charge is 0.303 e. The number of carbonyl (C=O) groups excluding carboxylic acids is 1. The lowest BCUT2D eigenvalue weighted by atomic mass is 10.2. The molecule has 1 rings (SSSR count). The van der Waals surface area contributed by atoms with Gasteiger partial charge in [0.2, 0.25) is 0 Å². The van der Waals surface area contributed by atoms with Crippen LogP contribution >= 0.6 is 0 Å². The molecule has 0 aliphatic carbocycles. The van der Waals surface area contributed by atoms with E-state index in [2.05, 4.69) is 15.3 Å². The van der Waals surface area contributed by atoms with Crippen LogP contribution in [0.15, 0.2) is 29.4 Å². The standard InChI is InChI=1S/C11H16N4O2/c1-8(16)17-7-11(13)15-14-10-4-2-3-9(5-10)6-12/h2-5,14H,6-7,12H2,1H3,(H2,13,15). The molecule has 6 heteroatoms. The third kappa shape index (κ3) is 4.98. The molecule has 0 heterocycles. The quantitative estimate of drug-likeness (QED) is 0.297. The van der Waals surface area contributed by atoms with E-state index in [9.17, 15) is 4.79 Å². The molecule has 0 saturated carbocycles. The Balaban J connectivity index is 2.53. The molecule has 0 radical (unpaired) electrons. The van der Waals surface area contributed by atoms with Crippen molar-refractivity contribution in [2.75, 3.05) is 12.0 Å². The van der Waals surface area contributed by atoms with Gasteiger partial charge in [0.05, 0.1) is 5.69 Å². The first-order valence-corrected chi connectivity index (χ1v) is 5.12. The van der Waals surface area contributed by atoms with Gasteiger partial charge in [-0.05, 0) is 17.7 Å². The number of hydrogen-bond acceptors (Lipinski definition) is 5. The van der Waals surface area contributed by atoms with Crippen LogP contribution < -0.4 is 16.9 Å². The lowest BCUT2D eigenvalue weighted by molar-refractivity contribution is -0.139. The highest BCUT2D eigenvalue weighted by Crippen LogP contribution is 2.09. The van der Waals surface area contributed by atoms with Crippen LogP contribution in [0.3, 0.4) is 0 Å². The first kappa shape index (κ1) is 13.0. The van der Waals surface area contributed by atoms with E-state index in [4.69, 9.17) is 11.5 Å². The van der Waals surface area contributed by atoms with Crippen molar-refractivity contribution in [2.24, 2.45) is 16.6 Å². The fourth-order valence-electron chi connectivity index (χ4n) is 1.11. The minimum Gasteiger partial charge on any atom is -0.458 e. The zero-order valence-electron chi connectivity index (χ0n) is 9.64. The molecule has 0 bridgehead atoms. The third-order valence-electron chi connectivity index (χ3n) is 1.91. The van der Waals surface area contributed by atoms with Crippen molar-refractivity contribution in [1.82, 2.24) is 0 Å². The van der Waals surface area contributed by atoms with Crippen LogP contribution in [-0.4, -0.2) is 18.4 Å². The second-order valence-electron chi connectivity index (χ2n) is 3.40. The van der Waals surface area contributed by atoms with Crippen LogP contribution in [0, 0.1) is 0 Å². The highest BCUT2D eigenvalue weighted by atomic mass is 16.5.